The summed E-state index contributed by atoms with van der Waals surface area (Å²) in [6.45, 7) is 0. The maximum absolute atomic E-state index is 13.0. The van der Waals surface area contributed by atoms with Crippen LogP contribution in [0.2, 0.25) is 0 Å². The summed E-state index contributed by atoms with van der Waals surface area (Å²) >= 11 is 0. The Bertz CT molecular complexity index is 599. The second-order valence-corrected chi connectivity index (χ2v) is 3.64. The Morgan fingerprint density at radius 3 is 2.50 bits per heavy atom. The fraction of sp³-hybridized carbons (Fsp3) is 0. The second kappa shape index (κ2) is 4.75. The van der Waals surface area contributed by atoms with Gasteiger partial charge in [-0.1, -0.05) is 12.1 Å². The molecule has 5 heteroatoms. The summed E-state index contributed by atoms with van der Waals surface area (Å²) in [6, 6.07) is 10.3. The number of halogens is 1. The number of para-hydroxylation sites is 2. The van der Waals surface area contributed by atoms with E-state index in [9.17, 15) is 9.18 Å². The normalized spacial score (nSPS) is 10.1. The third-order valence-corrected chi connectivity index (χ3v) is 2.35. The van der Waals surface area contributed by atoms with Crippen molar-refractivity contribution in [3.8, 4) is 11.5 Å². The minimum atomic E-state index is -0.765. The van der Waals surface area contributed by atoms with E-state index in [1.807, 2.05) is 0 Å². The number of nitrogen functional groups attached to an aromatic ring is 1. The Hall–Kier alpha value is -2.56. The molecule has 0 heterocycles. The van der Waals surface area contributed by atoms with Crippen molar-refractivity contribution < 1.29 is 13.9 Å². The van der Waals surface area contributed by atoms with Crippen molar-refractivity contribution in [3.05, 3.63) is 53.8 Å². The third-order valence-electron chi connectivity index (χ3n) is 2.35. The van der Waals surface area contributed by atoms with E-state index in [0.717, 1.165) is 6.07 Å². The number of amides is 1. The molecule has 4 N–H and O–H groups in total. The molecule has 2 aromatic carbocycles. The summed E-state index contributed by atoms with van der Waals surface area (Å²) in [7, 11) is 0. The van der Waals surface area contributed by atoms with Crippen LogP contribution in [0.5, 0.6) is 11.5 Å². The van der Waals surface area contributed by atoms with Crippen LogP contribution in [0.3, 0.4) is 0 Å². The first-order valence-corrected chi connectivity index (χ1v) is 5.19. The van der Waals surface area contributed by atoms with E-state index in [-0.39, 0.29) is 11.3 Å². The number of primary amides is 1. The minimum Gasteiger partial charge on any atom is -0.454 e. The van der Waals surface area contributed by atoms with Crippen molar-refractivity contribution in [3.63, 3.8) is 0 Å². The average Bonchev–Trinajstić information content (AvgIpc) is 2.34. The van der Waals surface area contributed by atoms with Crippen molar-refractivity contribution >= 4 is 11.6 Å². The van der Waals surface area contributed by atoms with Gasteiger partial charge in [0.15, 0.2) is 0 Å². The molecule has 0 aliphatic rings. The smallest absolute Gasteiger partial charge is 0.252 e. The lowest BCUT2D eigenvalue weighted by Crippen LogP contribution is -2.12. The highest BCUT2D eigenvalue weighted by Crippen LogP contribution is 2.29. The maximum Gasteiger partial charge on any atom is 0.252 e. The Morgan fingerprint density at radius 2 is 1.83 bits per heavy atom. The van der Waals surface area contributed by atoms with Crippen molar-refractivity contribution in [1.82, 2.24) is 0 Å². The molecule has 0 atom stereocenters. The van der Waals surface area contributed by atoms with E-state index in [0.29, 0.717) is 11.4 Å². The predicted octanol–water partition coefficient (Wildman–Crippen LogP) is 2.30. The lowest BCUT2D eigenvalue weighted by molar-refractivity contribution is 0.0997. The Kier molecular flexibility index (Phi) is 3.14. The molecule has 1 amide bonds. The quantitative estimate of drug-likeness (QED) is 0.815. The number of rotatable bonds is 3. The highest BCUT2D eigenvalue weighted by molar-refractivity contribution is 5.95. The zero-order valence-corrected chi connectivity index (χ0v) is 9.39. The Morgan fingerprint density at radius 1 is 1.11 bits per heavy atom. The molecule has 92 valence electrons. The molecule has 0 radical (unpaired) electrons. The molecular weight excluding hydrogens is 235 g/mol. The van der Waals surface area contributed by atoms with Crippen molar-refractivity contribution in [2.75, 3.05) is 5.73 Å². The molecule has 0 spiro atoms. The molecule has 0 unspecified atom stereocenters. The summed E-state index contributed by atoms with van der Waals surface area (Å²) < 4.78 is 18.5. The van der Waals surface area contributed by atoms with E-state index in [4.69, 9.17) is 16.2 Å². The number of hydrogen-bond donors (Lipinski definition) is 2. The number of hydrogen-bond acceptors (Lipinski definition) is 3. The number of nitrogens with two attached hydrogens (primary N) is 2. The predicted molar refractivity (Wildman–Crippen MR) is 65.8 cm³/mol. The molecular formula is C13H11FN2O2. The fourth-order valence-corrected chi connectivity index (χ4v) is 1.48. The van der Waals surface area contributed by atoms with Gasteiger partial charge in [-0.25, -0.2) is 4.39 Å². The SMILES string of the molecule is NC(=O)c1cc(F)ccc1Oc1ccccc1N. The topological polar surface area (TPSA) is 78.3 Å². The fourth-order valence-electron chi connectivity index (χ4n) is 1.48. The molecule has 18 heavy (non-hydrogen) atoms. The van der Waals surface area contributed by atoms with E-state index < -0.39 is 11.7 Å². The van der Waals surface area contributed by atoms with Crippen LogP contribution in [0.25, 0.3) is 0 Å². The van der Waals surface area contributed by atoms with Gasteiger partial charge in [-0.2, -0.15) is 0 Å². The number of ether oxygens (including phenoxy) is 1. The summed E-state index contributed by atoms with van der Waals surface area (Å²) in [5.74, 6) is -0.774. The van der Waals surface area contributed by atoms with Crippen LogP contribution >= 0.6 is 0 Å². The standard InChI is InChI=1S/C13H11FN2O2/c14-8-5-6-11(9(7-8)13(16)17)18-12-4-2-1-3-10(12)15/h1-7H,15H2,(H2,16,17). The summed E-state index contributed by atoms with van der Waals surface area (Å²) in [4.78, 5) is 11.2. The molecule has 0 saturated carbocycles. The minimum absolute atomic E-state index is 0.0294. The molecule has 2 aromatic rings. The highest BCUT2D eigenvalue weighted by Gasteiger charge is 2.12. The van der Waals surface area contributed by atoms with Gasteiger partial charge < -0.3 is 16.2 Å². The molecule has 0 bridgehead atoms. The molecule has 0 aromatic heterocycles. The molecule has 0 fully saturated rings. The monoisotopic (exact) mass is 246 g/mol. The maximum atomic E-state index is 13.0. The van der Waals surface area contributed by atoms with Crippen LogP contribution in [-0.4, -0.2) is 5.91 Å². The number of anilines is 1. The van der Waals surface area contributed by atoms with Crippen molar-refractivity contribution in [2.45, 2.75) is 0 Å². The molecule has 0 saturated heterocycles. The van der Waals surface area contributed by atoms with Gasteiger partial charge in [0.05, 0.1) is 11.3 Å². The van der Waals surface area contributed by atoms with E-state index in [1.54, 1.807) is 24.3 Å². The summed E-state index contributed by atoms with van der Waals surface area (Å²) in [5, 5.41) is 0. The first-order valence-electron chi connectivity index (χ1n) is 5.19. The first kappa shape index (κ1) is 11.9. The van der Waals surface area contributed by atoms with Gasteiger partial charge in [0.25, 0.3) is 5.91 Å². The zero-order chi connectivity index (χ0) is 13.1. The average molecular weight is 246 g/mol. The van der Waals surface area contributed by atoms with Gasteiger partial charge in [0.2, 0.25) is 0 Å². The Balaban J connectivity index is 2.41. The van der Waals surface area contributed by atoms with Crippen LogP contribution in [0, 0.1) is 5.82 Å². The Labute approximate surface area is 103 Å². The van der Waals surface area contributed by atoms with Gasteiger partial charge in [-0.15, -0.1) is 0 Å². The zero-order valence-electron chi connectivity index (χ0n) is 9.39. The van der Waals surface area contributed by atoms with Gasteiger partial charge in [-0.05, 0) is 30.3 Å². The van der Waals surface area contributed by atoms with Gasteiger partial charge in [0, 0.05) is 0 Å². The highest BCUT2D eigenvalue weighted by atomic mass is 19.1. The molecule has 0 aliphatic heterocycles. The summed E-state index contributed by atoms with van der Waals surface area (Å²) in [5.41, 5.74) is 11.3. The lowest BCUT2D eigenvalue weighted by atomic mass is 10.2. The number of benzene rings is 2. The van der Waals surface area contributed by atoms with E-state index >= 15 is 0 Å². The third kappa shape index (κ3) is 2.40. The van der Waals surface area contributed by atoms with Crippen LogP contribution in [0.4, 0.5) is 10.1 Å². The van der Waals surface area contributed by atoms with Gasteiger partial charge in [-0.3, -0.25) is 4.79 Å². The molecule has 2 rings (SSSR count). The van der Waals surface area contributed by atoms with Crippen LogP contribution < -0.4 is 16.2 Å². The van der Waals surface area contributed by atoms with Crippen LogP contribution in [-0.2, 0) is 0 Å². The molecule has 0 aliphatic carbocycles. The number of carbonyl (C=O) groups is 1. The van der Waals surface area contributed by atoms with E-state index in [2.05, 4.69) is 0 Å². The van der Waals surface area contributed by atoms with Crippen molar-refractivity contribution in [1.29, 1.82) is 0 Å². The summed E-state index contributed by atoms with van der Waals surface area (Å²) in [6.07, 6.45) is 0. The van der Waals surface area contributed by atoms with Crippen LogP contribution in [0.1, 0.15) is 10.4 Å². The van der Waals surface area contributed by atoms with E-state index in [1.165, 1.54) is 12.1 Å². The first-order chi connectivity index (χ1) is 8.58. The van der Waals surface area contributed by atoms with Gasteiger partial charge >= 0.3 is 0 Å². The second-order valence-electron chi connectivity index (χ2n) is 3.64. The lowest BCUT2D eigenvalue weighted by Gasteiger charge is -2.10. The van der Waals surface area contributed by atoms with Gasteiger partial charge in [0.1, 0.15) is 17.3 Å². The van der Waals surface area contributed by atoms with Crippen LogP contribution in [0.15, 0.2) is 42.5 Å². The largest absolute Gasteiger partial charge is 0.454 e. The van der Waals surface area contributed by atoms with Crippen molar-refractivity contribution in [2.24, 2.45) is 5.73 Å². The number of carbonyl (C=O) groups excluding carboxylic acids is 1. The molecule has 4 nitrogen and oxygen atoms in total.